The summed E-state index contributed by atoms with van der Waals surface area (Å²) < 4.78 is 0. The van der Waals surface area contributed by atoms with E-state index in [0.717, 1.165) is 6.54 Å². The lowest BCUT2D eigenvalue weighted by Gasteiger charge is -2.26. The molecule has 1 aliphatic rings. The van der Waals surface area contributed by atoms with Crippen molar-refractivity contribution in [3.8, 4) is 0 Å². The van der Waals surface area contributed by atoms with Gasteiger partial charge in [-0.25, -0.2) is 0 Å². The van der Waals surface area contributed by atoms with E-state index in [1.807, 2.05) is 25.1 Å². The van der Waals surface area contributed by atoms with Crippen LogP contribution >= 0.6 is 0 Å². The van der Waals surface area contributed by atoms with Crippen molar-refractivity contribution in [2.75, 3.05) is 17.6 Å². The second kappa shape index (κ2) is 5.40. The maximum Gasteiger partial charge on any atom is 0.241 e. The van der Waals surface area contributed by atoms with Crippen LogP contribution in [0.3, 0.4) is 0 Å². The minimum atomic E-state index is -0.109. The van der Waals surface area contributed by atoms with E-state index in [1.54, 1.807) is 6.07 Å². The van der Waals surface area contributed by atoms with Crippen LogP contribution in [0.15, 0.2) is 24.3 Å². The number of rotatable bonds is 5. The Hall–Kier alpha value is -1.55. The topological polar surface area (TPSA) is 58.4 Å². The third-order valence-electron chi connectivity index (χ3n) is 3.48. The number of benzene rings is 1. The lowest BCUT2D eigenvalue weighted by atomic mass is 10.2. The molecule has 0 heterocycles. The first-order valence-corrected chi connectivity index (χ1v) is 6.54. The fourth-order valence-corrected chi connectivity index (χ4v) is 2.25. The molecular weight excluding hydrogens is 226 g/mol. The highest BCUT2D eigenvalue weighted by Gasteiger charge is 2.33. The molecule has 1 fully saturated rings. The summed E-state index contributed by atoms with van der Waals surface area (Å²) in [5.74, 6) is 0.0154. The van der Waals surface area contributed by atoms with Crippen molar-refractivity contribution in [3.05, 3.63) is 24.3 Å². The average molecular weight is 247 g/mol. The Morgan fingerprint density at radius 2 is 2.17 bits per heavy atom. The molecular formula is C14H21N3O. The van der Waals surface area contributed by atoms with Crippen molar-refractivity contribution >= 4 is 17.3 Å². The van der Waals surface area contributed by atoms with Crippen LogP contribution in [0.4, 0.5) is 11.4 Å². The number of anilines is 2. The summed E-state index contributed by atoms with van der Waals surface area (Å²) in [5.41, 5.74) is 7.12. The summed E-state index contributed by atoms with van der Waals surface area (Å²) in [6, 6.07) is 7.82. The minimum absolute atomic E-state index is 0.0154. The van der Waals surface area contributed by atoms with Crippen LogP contribution in [0, 0.1) is 0 Å². The number of nitrogen functional groups attached to an aromatic ring is 1. The average Bonchev–Trinajstić information content (AvgIpc) is 3.17. The number of hydrogen-bond acceptors (Lipinski definition) is 3. The first-order chi connectivity index (χ1) is 8.63. The highest BCUT2D eigenvalue weighted by Crippen LogP contribution is 2.28. The monoisotopic (exact) mass is 247 g/mol. The Morgan fingerprint density at radius 3 is 2.72 bits per heavy atom. The van der Waals surface area contributed by atoms with Gasteiger partial charge in [0, 0.05) is 6.04 Å². The molecule has 1 atom stereocenters. The molecule has 0 saturated heterocycles. The van der Waals surface area contributed by atoms with E-state index in [-0.39, 0.29) is 11.9 Å². The predicted molar refractivity (Wildman–Crippen MR) is 74.3 cm³/mol. The standard InChI is InChI=1S/C14H21N3O/c1-3-17(11-8-9-11)10(2)14(18)16-13-7-5-4-6-12(13)15/h4-7,10-11H,3,8-9,15H2,1-2H3,(H,16,18). The molecule has 1 amide bonds. The molecule has 1 aliphatic carbocycles. The highest BCUT2D eigenvalue weighted by atomic mass is 16.2. The van der Waals surface area contributed by atoms with Gasteiger partial charge in [-0.05, 0) is 38.4 Å². The zero-order valence-electron chi connectivity index (χ0n) is 11.0. The van der Waals surface area contributed by atoms with Gasteiger partial charge in [0.1, 0.15) is 0 Å². The van der Waals surface area contributed by atoms with Gasteiger partial charge in [0.25, 0.3) is 0 Å². The van der Waals surface area contributed by atoms with Crippen molar-refractivity contribution in [2.24, 2.45) is 0 Å². The van der Waals surface area contributed by atoms with Crippen LogP contribution in [0.2, 0.25) is 0 Å². The molecule has 98 valence electrons. The normalized spacial score (nSPS) is 16.6. The Balaban J connectivity index is 2.00. The minimum Gasteiger partial charge on any atom is -0.397 e. The van der Waals surface area contributed by atoms with Crippen LogP contribution in [-0.4, -0.2) is 29.4 Å². The first kappa shape index (κ1) is 12.9. The second-order valence-electron chi connectivity index (χ2n) is 4.81. The van der Waals surface area contributed by atoms with Gasteiger partial charge < -0.3 is 11.1 Å². The zero-order valence-corrected chi connectivity index (χ0v) is 11.0. The summed E-state index contributed by atoms with van der Waals surface area (Å²) in [6.45, 7) is 4.96. The van der Waals surface area contributed by atoms with Gasteiger partial charge in [-0.2, -0.15) is 0 Å². The molecule has 0 aromatic heterocycles. The van der Waals surface area contributed by atoms with Gasteiger partial charge in [0.05, 0.1) is 17.4 Å². The number of nitrogens with one attached hydrogen (secondary N) is 1. The lowest BCUT2D eigenvalue weighted by molar-refractivity contribution is -0.120. The SMILES string of the molecule is CCN(C1CC1)C(C)C(=O)Nc1ccccc1N. The maximum atomic E-state index is 12.2. The first-order valence-electron chi connectivity index (χ1n) is 6.54. The van der Waals surface area contributed by atoms with Crippen LogP contribution in [0.5, 0.6) is 0 Å². The zero-order chi connectivity index (χ0) is 13.1. The summed E-state index contributed by atoms with van der Waals surface area (Å²) in [6.07, 6.45) is 2.41. The van der Waals surface area contributed by atoms with Gasteiger partial charge in [0.15, 0.2) is 0 Å². The molecule has 4 nitrogen and oxygen atoms in total. The molecule has 0 radical (unpaired) electrons. The van der Waals surface area contributed by atoms with Crippen LogP contribution in [0.25, 0.3) is 0 Å². The van der Waals surface area contributed by atoms with Crippen molar-refractivity contribution in [2.45, 2.75) is 38.8 Å². The largest absolute Gasteiger partial charge is 0.397 e. The molecule has 0 aliphatic heterocycles. The third kappa shape index (κ3) is 2.82. The lowest BCUT2D eigenvalue weighted by Crippen LogP contribution is -2.43. The molecule has 1 saturated carbocycles. The summed E-state index contributed by atoms with van der Waals surface area (Å²) in [5, 5.41) is 2.90. The molecule has 1 aromatic rings. The number of carbonyl (C=O) groups is 1. The Bertz CT molecular complexity index is 429. The summed E-state index contributed by atoms with van der Waals surface area (Å²) >= 11 is 0. The van der Waals surface area contributed by atoms with E-state index in [2.05, 4.69) is 17.1 Å². The van der Waals surface area contributed by atoms with Crippen molar-refractivity contribution in [1.82, 2.24) is 4.90 Å². The highest BCUT2D eigenvalue weighted by molar-refractivity contribution is 5.97. The quantitative estimate of drug-likeness (QED) is 0.783. The molecule has 3 N–H and O–H groups in total. The molecule has 0 spiro atoms. The summed E-state index contributed by atoms with van der Waals surface area (Å²) in [7, 11) is 0. The smallest absolute Gasteiger partial charge is 0.241 e. The van der Waals surface area contributed by atoms with E-state index >= 15 is 0 Å². The van der Waals surface area contributed by atoms with Crippen LogP contribution < -0.4 is 11.1 Å². The van der Waals surface area contributed by atoms with Crippen LogP contribution in [0.1, 0.15) is 26.7 Å². The van der Waals surface area contributed by atoms with Crippen molar-refractivity contribution in [3.63, 3.8) is 0 Å². The Kier molecular flexibility index (Phi) is 3.87. The fourth-order valence-electron chi connectivity index (χ4n) is 2.25. The van der Waals surface area contributed by atoms with E-state index in [0.29, 0.717) is 17.4 Å². The molecule has 0 bridgehead atoms. The van der Waals surface area contributed by atoms with Gasteiger partial charge in [-0.3, -0.25) is 9.69 Å². The number of carbonyl (C=O) groups excluding carboxylic acids is 1. The number of nitrogens with two attached hydrogens (primary N) is 1. The number of nitrogens with zero attached hydrogens (tertiary/aromatic N) is 1. The number of para-hydroxylation sites is 2. The molecule has 1 aromatic carbocycles. The third-order valence-corrected chi connectivity index (χ3v) is 3.48. The second-order valence-corrected chi connectivity index (χ2v) is 4.81. The predicted octanol–water partition coefficient (Wildman–Crippen LogP) is 2.08. The molecule has 2 rings (SSSR count). The van der Waals surface area contributed by atoms with Crippen LogP contribution in [-0.2, 0) is 4.79 Å². The van der Waals surface area contributed by atoms with E-state index in [4.69, 9.17) is 5.73 Å². The maximum absolute atomic E-state index is 12.2. The summed E-state index contributed by atoms with van der Waals surface area (Å²) in [4.78, 5) is 14.4. The number of likely N-dealkylation sites (N-methyl/N-ethyl adjacent to an activating group) is 1. The van der Waals surface area contributed by atoms with E-state index in [9.17, 15) is 4.79 Å². The fraction of sp³-hybridized carbons (Fsp3) is 0.500. The van der Waals surface area contributed by atoms with Gasteiger partial charge in [-0.1, -0.05) is 19.1 Å². The van der Waals surface area contributed by atoms with Crippen molar-refractivity contribution in [1.29, 1.82) is 0 Å². The van der Waals surface area contributed by atoms with Gasteiger partial charge in [-0.15, -0.1) is 0 Å². The van der Waals surface area contributed by atoms with Gasteiger partial charge in [0.2, 0.25) is 5.91 Å². The van der Waals surface area contributed by atoms with E-state index < -0.39 is 0 Å². The molecule has 18 heavy (non-hydrogen) atoms. The molecule has 4 heteroatoms. The van der Waals surface area contributed by atoms with Crippen molar-refractivity contribution < 1.29 is 4.79 Å². The number of hydrogen-bond donors (Lipinski definition) is 2. The Labute approximate surface area is 108 Å². The molecule has 1 unspecified atom stereocenters. The Morgan fingerprint density at radius 1 is 1.50 bits per heavy atom. The number of amides is 1. The van der Waals surface area contributed by atoms with E-state index in [1.165, 1.54) is 12.8 Å². The van der Waals surface area contributed by atoms with Gasteiger partial charge >= 0.3 is 0 Å².